The number of alkyl halides is 2. The molecular weight excluding hydrogens is 358 g/mol. The molecule has 144 valence electrons. The molecule has 8 heteroatoms. The highest BCUT2D eigenvalue weighted by Crippen LogP contribution is 2.30. The van der Waals surface area contributed by atoms with Crippen molar-refractivity contribution >= 4 is 6.03 Å². The van der Waals surface area contributed by atoms with Crippen LogP contribution in [0.3, 0.4) is 0 Å². The number of carbonyl (C=O) groups excluding carboxylic acids is 1. The van der Waals surface area contributed by atoms with Gasteiger partial charge in [0, 0.05) is 6.54 Å². The number of hydrogen-bond acceptors (Lipinski definition) is 4. The molecule has 1 unspecified atom stereocenters. The van der Waals surface area contributed by atoms with Gasteiger partial charge in [0.2, 0.25) is 0 Å². The van der Waals surface area contributed by atoms with Crippen molar-refractivity contribution in [3.05, 3.63) is 53.6 Å². The minimum atomic E-state index is -2.86. The van der Waals surface area contributed by atoms with Gasteiger partial charge in [0.25, 0.3) is 0 Å². The molecule has 0 saturated heterocycles. The summed E-state index contributed by atoms with van der Waals surface area (Å²) in [6, 6.07) is 11.0. The normalized spacial score (nSPS) is 13.8. The van der Waals surface area contributed by atoms with Gasteiger partial charge in [-0.05, 0) is 42.3 Å². The SMILES string of the molecule is CC(NC(=O)NCc1ccc2c(c1)OCCO2)c1ccc(OC(F)F)cc1. The molecule has 0 saturated carbocycles. The van der Waals surface area contributed by atoms with E-state index in [1.54, 1.807) is 19.1 Å². The second-order valence-corrected chi connectivity index (χ2v) is 5.97. The fourth-order valence-electron chi connectivity index (χ4n) is 2.65. The maximum absolute atomic E-state index is 12.2. The minimum Gasteiger partial charge on any atom is -0.486 e. The average molecular weight is 378 g/mol. The molecular formula is C19H20F2N2O4. The number of fused-ring (bicyclic) bond motifs is 1. The average Bonchev–Trinajstić information content (AvgIpc) is 2.66. The molecule has 27 heavy (non-hydrogen) atoms. The van der Waals surface area contributed by atoms with Crippen LogP contribution in [-0.4, -0.2) is 25.9 Å². The van der Waals surface area contributed by atoms with Gasteiger partial charge in [0.1, 0.15) is 19.0 Å². The standard InChI is InChI=1S/C19H20F2N2O4/c1-12(14-3-5-15(6-4-14)27-18(20)21)23-19(24)22-11-13-2-7-16-17(10-13)26-9-8-25-16/h2-7,10,12,18H,8-9,11H2,1H3,(H2,22,23,24). The lowest BCUT2D eigenvalue weighted by Gasteiger charge is -2.19. The fraction of sp³-hybridized carbons (Fsp3) is 0.316. The van der Waals surface area contributed by atoms with E-state index in [2.05, 4.69) is 15.4 Å². The largest absolute Gasteiger partial charge is 0.486 e. The summed E-state index contributed by atoms with van der Waals surface area (Å²) >= 11 is 0. The van der Waals surface area contributed by atoms with Crippen molar-refractivity contribution in [3.63, 3.8) is 0 Å². The van der Waals surface area contributed by atoms with Gasteiger partial charge < -0.3 is 24.8 Å². The van der Waals surface area contributed by atoms with Gasteiger partial charge in [0.05, 0.1) is 6.04 Å². The van der Waals surface area contributed by atoms with Crippen LogP contribution < -0.4 is 24.8 Å². The topological polar surface area (TPSA) is 68.8 Å². The predicted octanol–water partition coefficient (Wildman–Crippen LogP) is 3.62. The summed E-state index contributed by atoms with van der Waals surface area (Å²) < 4.78 is 39.6. The van der Waals surface area contributed by atoms with Crippen LogP contribution in [0.2, 0.25) is 0 Å². The van der Waals surface area contributed by atoms with Crippen LogP contribution in [0.25, 0.3) is 0 Å². The second kappa shape index (κ2) is 8.57. The second-order valence-electron chi connectivity index (χ2n) is 5.97. The number of amides is 2. The van der Waals surface area contributed by atoms with Gasteiger partial charge >= 0.3 is 12.6 Å². The third-order valence-electron chi connectivity index (χ3n) is 4.01. The summed E-state index contributed by atoms with van der Waals surface area (Å²) in [4.78, 5) is 12.1. The van der Waals surface area contributed by atoms with E-state index < -0.39 is 6.61 Å². The molecule has 3 rings (SSSR count). The summed E-state index contributed by atoms with van der Waals surface area (Å²) in [5.74, 6) is 1.44. The first kappa shape index (κ1) is 18.8. The van der Waals surface area contributed by atoms with E-state index in [1.807, 2.05) is 18.2 Å². The Morgan fingerprint density at radius 3 is 2.52 bits per heavy atom. The Morgan fingerprint density at radius 1 is 1.11 bits per heavy atom. The van der Waals surface area contributed by atoms with Crippen molar-refractivity contribution in [2.75, 3.05) is 13.2 Å². The van der Waals surface area contributed by atoms with Crippen LogP contribution in [0.1, 0.15) is 24.1 Å². The highest BCUT2D eigenvalue weighted by atomic mass is 19.3. The van der Waals surface area contributed by atoms with Crippen molar-refractivity contribution < 1.29 is 27.8 Å². The molecule has 2 N–H and O–H groups in total. The lowest BCUT2D eigenvalue weighted by molar-refractivity contribution is -0.0498. The van der Waals surface area contributed by atoms with Crippen LogP contribution in [0.4, 0.5) is 13.6 Å². The number of hydrogen-bond donors (Lipinski definition) is 2. The molecule has 0 aromatic heterocycles. The first-order chi connectivity index (χ1) is 13.0. The zero-order chi connectivity index (χ0) is 19.2. The molecule has 0 bridgehead atoms. The number of carbonyl (C=O) groups is 1. The van der Waals surface area contributed by atoms with Crippen molar-refractivity contribution in [1.82, 2.24) is 10.6 Å². The zero-order valence-corrected chi connectivity index (χ0v) is 14.7. The monoisotopic (exact) mass is 378 g/mol. The first-order valence-electron chi connectivity index (χ1n) is 8.49. The van der Waals surface area contributed by atoms with Crippen LogP contribution >= 0.6 is 0 Å². The molecule has 1 heterocycles. The zero-order valence-electron chi connectivity index (χ0n) is 14.7. The number of benzene rings is 2. The third-order valence-corrected chi connectivity index (χ3v) is 4.01. The molecule has 6 nitrogen and oxygen atoms in total. The van der Waals surface area contributed by atoms with Crippen molar-refractivity contribution in [2.45, 2.75) is 26.1 Å². The van der Waals surface area contributed by atoms with Gasteiger partial charge in [-0.25, -0.2) is 4.79 Å². The maximum atomic E-state index is 12.2. The lowest BCUT2D eigenvalue weighted by Crippen LogP contribution is -2.36. The molecule has 1 aliphatic heterocycles. The summed E-state index contributed by atoms with van der Waals surface area (Å²) in [6.45, 7) is 0.296. The van der Waals surface area contributed by atoms with E-state index in [9.17, 15) is 13.6 Å². The molecule has 0 aliphatic carbocycles. The highest BCUT2D eigenvalue weighted by Gasteiger charge is 2.13. The Balaban J connectivity index is 1.50. The Labute approximate surface area is 155 Å². The third kappa shape index (κ3) is 5.22. The van der Waals surface area contributed by atoms with Gasteiger partial charge in [-0.15, -0.1) is 0 Å². The Bertz CT molecular complexity index is 784. The van der Waals surface area contributed by atoms with Crippen LogP contribution in [-0.2, 0) is 6.54 Å². The molecule has 0 spiro atoms. The minimum absolute atomic E-state index is 0.0732. The number of rotatable bonds is 6. The lowest BCUT2D eigenvalue weighted by atomic mass is 10.1. The van der Waals surface area contributed by atoms with E-state index in [4.69, 9.17) is 9.47 Å². The number of urea groups is 1. The van der Waals surface area contributed by atoms with Crippen molar-refractivity contribution in [2.24, 2.45) is 0 Å². The van der Waals surface area contributed by atoms with Gasteiger partial charge in [-0.3, -0.25) is 0 Å². The molecule has 2 amide bonds. The van der Waals surface area contributed by atoms with E-state index in [0.717, 1.165) is 11.1 Å². The molecule has 0 fully saturated rings. The van der Waals surface area contributed by atoms with E-state index in [-0.39, 0.29) is 17.8 Å². The summed E-state index contributed by atoms with van der Waals surface area (Å²) in [6.07, 6.45) is 0. The molecule has 2 aromatic rings. The number of nitrogens with one attached hydrogen (secondary N) is 2. The Hall–Kier alpha value is -3.03. The summed E-state index contributed by atoms with van der Waals surface area (Å²) in [5, 5.41) is 5.57. The van der Waals surface area contributed by atoms with E-state index in [0.29, 0.717) is 31.3 Å². The molecule has 1 atom stereocenters. The number of halogens is 2. The predicted molar refractivity (Wildman–Crippen MR) is 94.3 cm³/mol. The molecule has 0 radical (unpaired) electrons. The van der Waals surface area contributed by atoms with Gasteiger partial charge in [0.15, 0.2) is 11.5 Å². The Morgan fingerprint density at radius 2 is 1.81 bits per heavy atom. The number of ether oxygens (including phenoxy) is 3. The van der Waals surface area contributed by atoms with Crippen LogP contribution in [0.15, 0.2) is 42.5 Å². The van der Waals surface area contributed by atoms with E-state index in [1.165, 1.54) is 12.1 Å². The summed E-state index contributed by atoms with van der Waals surface area (Å²) in [7, 11) is 0. The van der Waals surface area contributed by atoms with Crippen LogP contribution in [0.5, 0.6) is 17.2 Å². The maximum Gasteiger partial charge on any atom is 0.387 e. The van der Waals surface area contributed by atoms with Crippen molar-refractivity contribution in [1.29, 1.82) is 0 Å². The Kier molecular flexibility index (Phi) is 5.95. The van der Waals surface area contributed by atoms with Gasteiger partial charge in [-0.2, -0.15) is 8.78 Å². The quantitative estimate of drug-likeness (QED) is 0.806. The smallest absolute Gasteiger partial charge is 0.387 e. The molecule has 1 aliphatic rings. The van der Waals surface area contributed by atoms with E-state index >= 15 is 0 Å². The first-order valence-corrected chi connectivity index (χ1v) is 8.49. The molecule has 2 aromatic carbocycles. The fourth-order valence-corrected chi connectivity index (χ4v) is 2.65. The van der Waals surface area contributed by atoms with Crippen molar-refractivity contribution in [3.8, 4) is 17.2 Å². The van der Waals surface area contributed by atoms with Gasteiger partial charge in [-0.1, -0.05) is 18.2 Å². The highest BCUT2D eigenvalue weighted by molar-refractivity contribution is 5.74. The summed E-state index contributed by atoms with van der Waals surface area (Å²) in [5.41, 5.74) is 1.65. The van der Waals surface area contributed by atoms with Crippen LogP contribution in [0, 0.1) is 0 Å².